The van der Waals surface area contributed by atoms with Gasteiger partial charge in [-0.3, -0.25) is 5.43 Å². The van der Waals surface area contributed by atoms with Gasteiger partial charge in [0, 0.05) is 5.02 Å². The molecule has 0 aromatic heterocycles. The maximum Gasteiger partial charge on any atom is 0.206 e. The third-order valence-electron chi connectivity index (χ3n) is 3.75. The van der Waals surface area contributed by atoms with Gasteiger partial charge in [0.1, 0.15) is 0 Å². The van der Waals surface area contributed by atoms with Gasteiger partial charge in [0.05, 0.1) is 12.1 Å². The summed E-state index contributed by atoms with van der Waals surface area (Å²) in [4.78, 5) is 4.68. The standard InChI is InChI=1S/C15H23ClN4/c1-11(13-9-5-6-10-14(13)16)18-15(20-17)19-12-7-3-2-4-8-12/h5-6,9-12H,2-4,7-8,17H2,1H3,(H2,18,19,20). The molecule has 0 saturated heterocycles. The van der Waals surface area contributed by atoms with Crippen LogP contribution in [0.15, 0.2) is 29.3 Å². The first-order valence-corrected chi connectivity index (χ1v) is 7.64. The number of hydrogen-bond acceptors (Lipinski definition) is 2. The van der Waals surface area contributed by atoms with Gasteiger partial charge in [-0.2, -0.15) is 0 Å². The zero-order valence-corrected chi connectivity index (χ0v) is 12.7. The van der Waals surface area contributed by atoms with Gasteiger partial charge in [-0.15, -0.1) is 0 Å². The minimum Gasteiger partial charge on any atom is -0.349 e. The maximum atomic E-state index is 6.21. The second-order valence-corrected chi connectivity index (χ2v) is 5.71. The minimum atomic E-state index is 0.0575. The first-order chi connectivity index (χ1) is 9.70. The molecule has 1 atom stereocenters. The quantitative estimate of drug-likeness (QED) is 0.347. The average molecular weight is 295 g/mol. The second-order valence-electron chi connectivity index (χ2n) is 5.30. The number of nitrogens with two attached hydrogens (primary N) is 1. The molecule has 20 heavy (non-hydrogen) atoms. The van der Waals surface area contributed by atoms with Crippen molar-refractivity contribution in [1.29, 1.82) is 0 Å². The van der Waals surface area contributed by atoms with Crippen molar-refractivity contribution in [1.82, 2.24) is 10.7 Å². The van der Waals surface area contributed by atoms with E-state index >= 15 is 0 Å². The van der Waals surface area contributed by atoms with Crippen LogP contribution in [0, 0.1) is 0 Å². The summed E-state index contributed by atoms with van der Waals surface area (Å²) in [5, 5.41) is 4.05. The van der Waals surface area contributed by atoms with E-state index < -0.39 is 0 Å². The Hall–Kier alpha value is -1.26. The van der Waals surface area contributed by atoms with Crippen molar-refractivity contribution in [3.63, 3.8) is 0 Å². The summed E-state index contributed by atoms with van der Waals surface area (Å²) in [6.07, 6.45) is 6.12. The molecule has 0 radical (unpaired) electrons. The molecule has 2 rings (SSSR count). The smallest absolute Gasteiger partial charge is 0.206 e. The molecular formula is C15H23ClN4. The Bertz CT molecular complexity index is 455. The number of nitrogens with one attached hydrogen (secondary N) is 2. The molecule has 0 bridgehead atoms. The van der Waals surface area contributed by atoms with Crippen LogP contribution in [0.25, 0.3) is 0 Å². The third-order valence-corrected chi connectivity index (χ3v) is 4.09. The molecule has 1 saturated carbocycles. The number of hydrazine groups is 1. The number of guanidine groups is 1. The van der Waals surface area contributed by atoms with Crippen molar-refractivity contribution in [3.8, 4) is 0 Å². The molecule has 0 aliphatic heterocycles. The molecule has 110 valence electrons. The molecule has 5 heteroatoms. The fourth-order valence-electron chi connectivity index (χ4n) is 2.62. The van der Waals surface area contributed by atoms with Gasteiger partial charge in [0.25, 0.3) is 0 Å². The van der Waals surface area contributed by atoms with E-state index in [1.54, 1.807) is 0 Å². The van der Waals surface area contributed by atoms with Crippen LogP contribution in [-0.4, -0.2) is 12.0 Å². The lowest BCUT2D eigenvalue weighted by molar-refractivity contribution is 0.440. The van der Waals surface area contributed by atoms with Gasteiger partial charge in [-0.1, -0.05) is 49.1 Å². The Kier molecular flexibility index (Phi) is 5.68. The monoisotopic (exact) mass is 294 g/mol. The van der Waals surface area contributed by atoms with E-state index in [1.165, 1.54) is 19.3 Å². The van der Waals surface area contributed by atoms with Crippen LogP contribution in [0.5, 0.6) is 0 Å². The molecule has 1 fully saturated rings. The number of rotatable bonds is 3. The molecule has 1 aliphatic carbocycles. The van der Waals surface area contributed by atoms with Crippen molar-refractivity contribution in [2.75, 3.05) is 0 Å². The van der Waals surface area contributed by atoms with E-state index in [0.717, 1.165) is 23.4 Å². The maximum absolute atomic E-state index is 6.21. The molecule has 4 nitrogen and oxygen atoms in total. The third kappa shape index (κ3) is 4.12. The van der Waals surface area contributed by atoms with Gasteiger partial charge in [-0.25, -0.2) is 10.8 Å². The number of halogens is 1. The van der Waals surface area contributed by atoms with Crippen LogP contribution < -0.4 is 16.6 Å². The fourth-order valence-corrected chi connectivity index (χ4v) is 2.92. The van der Waals surface area contributed by atoms with Crippen molar-refractivity contribution < 1.29 is 0 Å². The van der Waals surface area contributed by atoms with Gasteiger partial charge in [0.2, 0.25) is 5.96 Å². The number of nitrogens with zero attached hydrogens (tertiary/aromatic N) is 1. The van der Waals surface area contributed by atoms with Gasteiger partial charge >= 0.3 is 0 Å². The summed E-state index contributed by atoms with van der Waals surface area (Å²) in [5.41, 5.74) is 3.71. The van der Waals surface area contributed by atoms with Crippen LogP contribution in [0.2, 0.25) is 5.02 Å². The summed E-state index contributed by atoms with van der Waals surface area (Å²) >= 11 is 6.21. The van der Waals surface area contributed by atoms with Gasteiger partial charge in [0.15, 0.2) is 0 Å². The normalized spacial score (nSPS) is 18.6. The van der Waals surface area contributed by atoms with E-state index in [2.05, 4.69) is 22.7 Å². The zero-order valence-electron chi connectivity index (χ0n) is 11.9. The molecule has 0 heterocycles. The molecule has 1 aromatic carbocycles. The summed E-state index contributed by atoms with van der Waals surface area (Å²) in [7, 11) is 0. The summed E-state index contributed by atoms with van der Waals surface area (Å²) in [6.45, 7) is 2.05. The Labute approximate surface area is 125 Å². The van der Waals surface area contributed by atoms with E-state index in [9.17, 15) is 0 Å². The number of benzene rings is 1. The van der Waals surface area contributed by atoms with E-state index in [1.807, 2.05) is 24.3 Å². The predicted octanol–water partition coefficient (Wildman–Crippen LogP) is 3.14. The predicted molar refractivity (Wildman–Crippen MR) is 84.6 cm³/mol. The van der Waals surface area contributed by atoms with Crippen LogP contribution in [-0.2, 0) is 0 Å². The number of aliphatic imine (C=N–C) groups is 1. The first kappa shape index (κ1) is 15.1. The summed E-state index contributed by atoms with van der Waals surface area (Å²) < 4.78 is 0. The molecule has 1 aromatic rings. The lowest BCUT2D eigenvalue weighted by Crippen LogP contribution is -2.43. The Balaban J connectivity index is 2.02. The van der Waals surface area contributed by atoms with E-state index in [-0.39, 0.29) is 6.04 Å². The molecular weight excluding hydrogens is 272 g/mol. The molecule has 0 amide bonds. The minimum absolute atomic E-state index is 0.0575. The summed E-state index contributed by atoms with van der Waals surface area (Å²) in [5.74, 6) is 6.22. The Morgan fingerprint density at radius 3 is 2.65 bits per heavy atom. The first-order valence-electron chi connectivity index (χ1n) is 7.26. The number of hydrogen-bond donors (Lipinski definition) is 3. The highest BCUT2D eigenvalue weighted by atomic mass is 35.5. The average Bonchev–Trinajstić information content (AvgIpc) is 2.48. The molecule has 0 spiro atoms. The highest BCUT2D eigenvalue weighted by Gasteiger charge is 2.15. The second kappa shape index (κ2) is 7.50. The van der Waals surface area contributed by atoms with Crippen molar-refractivity contribution in [2.24, 2.45) is 10.8 Å². The van der Waals surface area contributed by atoms with Crippen LogP contribution in [0.3, 0.4) is 0 Å². The van der Waals surface area contributed by atoms with Crippen LogP contribution >= 0.6 is 11.6 Å². The van der Waals surface area contributed by atoms with Gasteiger partial charge < -0.3 is 5.32 Å². The lowest BCUT2D eigenvalue weighted by Gasteiger charge is -2.22. The summed E-state index contributed by atoms with van der Waals surface area (Å²) in [6, 6.07) is 8.24. The highest BCUT2D eigenvalue weighted by Crippen LogP contribution is 2.23. The Morgan fingerprint density at radius 2 is 2.00 bits per heavy atom. The van der Waals surface area contributed by atoms with Crippen molar-refractivity contribution >= 4 is 17.6 Å². The molecule has 1 aliphatic rings. The van der Waals surface area contributed by atoms with E-state index in [0.29, 0.717) is 12.0 Å². The largest absolute Gasteiger partial charge is 0.349 e. The molecule has 1 unspecified atom stereocenters. The van der Waals surface area contributed by atoms with Crippen LogP contribution in [0.1, 0.15) is 50.6 Å². The van der Waals surface area contributed by atoms with Crippen LogP contribution in [0.4, 0.5) is 0 Å². The van der Waals surface area contributed by atoms with E-state index in [4.69, 9.17) is 17.4 Å². The van der Waals surface area contributed by atoms with Gasteiger partial charge in [-0.05, 0) is 31.4 Å². The SMILES string of the molecule is CC(NC(=NC1CCCCC1)NN)c1ccccc1Cl. The van der Waals surface area contributed by atoms with Crippen molar-refractivity contribution in [2.45, 2.75) is 51.1 Å². The highest BCUT2D eigenvalue weighted by molar-refractivity contribution is 6.31. The Morgan fingerprint density at radius 1 is 1.30 bits per heavy atom. The topological polar surface area (TPSA) is 62.4 Å². The molecule has 4 N–H and O–H groups in total. The van der Waals surface area contributed by atoms with Crippen molar-refractivity contribution in [3.05, 3.63) is 34.9 Å². The zero-order chi connectivity index (χ0) is 14.4. The fraction of sp³-hybridized carbons (Fsp3) is 0.533. The lowest BCUT2D eigenvalue weighted by atomic mass is 9.96.